The van der Waals surface area contributed by atoms with E-state index in [1.807, 2.05) is 0 Å². The van der Waals surface area contributed by atoms with Crippen molar-refractivity contribution < 1.29 is 19.2 Å². The third kappa shape index (κ3) is 5.37. The Kier molecular flexibility index (Phi) is 5.70. The molecule has 122 valence electrons. The van der Waals surface area contributed by atoms with Crippen molar-refractivity contribution in [1.29, 1.82) is 0 Å². The first-order chi connectivity index (χ1) is 10.9. The summed E-state index contributed by atoms with van der Waals surface area (Å²) < 4.78 is 4.93. The fourth-order valence-corrected chi connectivity index (χ4v) is 2.18. The van der Waals surface area contributed by atoms with Gasteiger partial charge < -0.3 is 14.9 Å². The van der Waals surface area contributed by atoms with E-state index in [0.717, 1.165) is 0 Å². The molecule has 1 atom stereocenters. The van der Waals surface area contributed by atoms with Gasteiger partial charge in [-0.3, -0.25) is 9.59 Å². The van der Waals surface area contributed by atoms with Crippen molar-refractivity contribution in [3.8, 4) is 0 Å². The number of carbonyl (C=O) groups excluding carboxylic acids is 1. The van der Waals surface area contributed by atoms with Gasteiger partial charge >= 0.3 is 5.97 Å². The van der Waals surface area contributed by atoms with Gasteiger partial charge in [-0.15, -0.1) is 0 Å². The van der Waals surface area contributed by atoms with Crippen LogP contribution in [0.3, 0.4) is 0 Å². The second kappa shape index (κ2) is 7.73. The fourth-order valence-electron chi connectivity index (χ4n) is 2.05. The first-order valence-electron chi connectivity index (χ1n) is 7.00. The van der Waals surface area contributed by atoms with Gasteiger partial charge in [0, 0.05) is 17.9 Å². The molecule has 0 aliphatic rings. The lowest BCUT2D eigenvalue weighted by molar-refractivity contribution is -0.137. The minimum atomic E-state index is -1.00. The van der Waals surface area contributed by atoms with Crippen molar-refractivity contribution in [1.82, 2.24) is 15.5 Å². The maximum absolute atomic E-state index is 12.0. The number of benzene rings is 1. The molecule has 1 amide bonds. The molecule has 2 aromatic rings. The molecule has 0 aliphatic heterocycles. The Morgan fingerprint density at radius 3 is 2.61 bits per heavy atom. The number of carboxylic acids is 1. The fraction of sp³-hybridized carbons (Fsp3) is 0.333. The molecule has 0 aliphatic carbocycles. The minimum absolute atomic E-state index is 0.130. The first-order valence-corrected chi connectivity index (χ1v) is 7.37. The second-order valence-corrected chi connectivity index (χ2v) is 5.44. The number of hydrogen-bond acceptors (Lipinski definition) is 5. The molecule has 0 saturated heterocycles. The number of hydrogen-bond donors (Lipinski definition) is 2. The molecule has 0 saturated carbocycles. The summed E-state index contributed by atoms with van der Waals surface area (Å²) in [5.74, 6) is -0.413. The van der Waals surface area contributed by atoms with Gasteiger partial charge in [0.25, 0.3) is 0 Å². The number of aryl methyl sites for hydroxylation is 2. The number of amides is 1. The highest BCUT2D eigenvalue weighted by Crippen LogP contribution is 2.19. The number of aliphatic carboxylic acids is 1. The van der Waals surface area contributed by atoms with Gasteiger partial charge in [-0.2, -0.15) is 4.98 Å². The molecule has 2 rings (SSSR count). The van der Waals surface area contributed by atoms with Crippen LogP contribution >= 0.6 is 11.6 Å². The van der Waals surface area contributed by atoms with Gasteiger partial charge in [0.05, 0.1) is 12.5 Å². The van der Waals surface area contributed by atoms with Crippen molar-refractivity contribution in [3.05, 3.63) is 46.6 Å². The van der Waals surface area contributed by atoms with Crippen LogP contribution < -0.4 is 5.32 Å². The van der Waals surface area contributed by atoms with Crippen LogP contribution in [0.1, 0.15) is 36.2 Å². The topological polar surface area (TPSA) is 105 Å². The Hall–Kier alpha value is -2.41. The summed E-state index contributed by atoms with van der Waals surface area (Å²) >= 11 is 5.82. The predicted octanol–water partition coefficient (Wildman–Crippen LogP) is 2.30. The number of halogens is 1. The summed E-state index contributed by atoms with van der Waals surface area (Å²) in [5.41, 5.74) is 0.679. The SMILES string of the molecule is Cc1noc(CCC(=O)N[C@@H](CC(=O)O)c2ccc(Cl)cc2)n1. The van der Waals surface area contributed by atoms with Crippen LogP contribution in [0.4, 0.5) is 0 Å². The van der Waals surface area contributed by atoms with Gasteiger partial charge in [0.2, 0.25) is 11.8 Å². The molecule has 2 N–H and O–H groups in total. The molecule has 7 nitrogen and oxygen atoms in total. The lowest BCUT2D eigenvalue weighted by Gasteiger charge is -2.17. The lowest BCUT2D eigenvalue weighted by atomic mass is 10.0. The Bertz CT molecular complexity index is 684. The molecule has 23 heavy (non-hydrogen) atoms. The van der Waals surface area contributed by atoms with Gasteiger partial charge in [0.1, 0.15) is 0 Å². The molecule has 0 bridgehead atoms. The summed E-state index contributed by atoms with van der Waals surface area (Å²) in [6.07, 6.45) is 0.214. The highest BCUT2D eigenvalue weighted by Gasteiger charge is 2.18. The zero-order valence-electron chi connectivity index (χ0n) is 12.5. The van der Waals surface area contributed by atoms with E-state index in [1.54, 1.807) is 31.2 Å². The van der Waals surface area contributed by atoms with E-state index in [0.29, 0.717) is 28.7 Å². The number of nitrogens with zero attached hydrogens (tertiary/aromatic N) is 2. The third-order valence-electron chi connectivity index (χ3n) is 3.12. The third-order valence-corrected chi connectivity index (χ3v) is 3.37. The Morgan fingerprint density at radius 1 is 1.35 bits per heavy atom. The largest absolute Gasteiger partial charge is 0.481 e. The number of carboxylic acid groups (broad SMARTS) is 1. The van der Waals surface area contributed by atoms with Gasteiger partial charge in [-0.05, 0) is 24.6 Å². The second-order valence-electron chi connectivity index (χ2n) is 5.00. The van der Waals surface area contributed by atoms with Crippen LogP contribution in [-0.2, 0) is 16.0 Å². The Balaban J connectivity index is 1.97. The minimum Gasteiger partial charge on any atom is -0.481 e. The average molecular weight is 338 g/mol. The average Bonchev–Trinajstić information content (AvgIpc) is 2.90. The molecular weight excluding hydrogens is 322 g/mol. The van der Waals surface area contributed by atoms with Crippen LogP contribution in [0.2, 0.25) is 5.02 Å². The summed E-state index contributed by atoms with van der Waals surface area (Å²) in [5, 5.41) is 15.9. The van der Waals surface area contributed by atoms with Gasteiger partial charge in [-0.1, -0.05) is 28.9 Å². The summed E-state index contributed by atoms with van der Waals surface area (Å²) in [6, 6.07) is 6.06. The van der Waals surface area contributed by atoms with E-state index in [1.165, 1.54) is 0 Å². The highest BCUT2D eigenvalue weighted by molar-refractivity contribution is 6.30. The predicted molar refractivity (Wildman–Crippen MR) is 81.9 cm³/mol. The molecule has 0 radical (unpaired) electrons. The lowest BCUT2D eigenvalue weighted by Crippen LogP contribution is -2.30. The van der Waals surface area contributed by atoms with Crippen molar-refractivity contribution in [2.45, 2.75) is 32.2 Å². The molecule has 1 aromatic carbocycles. The van der Waals surface area contributed by atoms with Crippen LogP contribution in [-0.4, -0.2) is 27.1 Å². The zero-order chi connectivity index (χ0) is 16.8. The van der Waals surface area contributed by atoms with Crippen LogP contribution in [0, 0.1) is 6.92 Å². The van der Waals surface area contributed by atoms with Crippen LogP contribution in [0.25, 0.3) is 0 Å². The quantitative estimate of drug-likeness (QED) is 0.803. The zero-order valence-corrected chi connectivity index (χ0v) is 13.2. The maximum Gasteiger partial charge on any atom is 0.305 e. The number of carbonyl (C=O) groups is 2. The summed E-state index contributed by atoms with van der Waals surface area (Å²) in [4.78, 5) is 27.0. The summed E-state index contributed by atoms with van der Waals surface area (Å²) in [7, 11) is 0. The molecule has 0 unspecified atom stereocenters. The maximum atomic E-state index is 12.0. The highest BCUT2D eigenvalue weighted by atomic mass is 35.5. The smallest absolute Gasteiger partial charge is 0.305 e. The van der Waals surface area contributed by atoms with Crippen molar-refractivity contribution in [2.75, 3.05) is 0 Å². The van der Waals surface area contributed by atoms with E-state index < -0.39 is 12.0 Å². The van der Waals surface area contributed by atoms with Gasteiger partial charge in [-0.25, -0.2) is 0 Å². The molecular formula is C15H16ClN3O4. The number of nitrogens with one attached hydrogen (secondary N) is 1. The number of aromatic nitrogens is 2. The van der Waals surface area contributed by atoms with Crippen molar-refractivity contribution in [3.63, 3.8) is 0 Å². The normalized spacial score (nSPS) is 11.9. The Labute approximate surface area is 137 Å². The van der Waals surface area contributed by atoms with Crippen LogP contribution in [0.5, 0.6) is 0 Å². The van der Waals surface area contributed by atoms with Crippen molar-refractivity contribution >= 4 is 23.5 Å². The molecule has 1 heterocycles. The van der Waals surface area contributed by atoms with E-state index >= 15 is 0 Å². The first kappa shape index (κ1) is 17.0. The summed E-state index contributed by atoms with van der Waals surface area (Å²) in [6.45, 7) is 1.69. The number of rotatable bonds is 7. The molecule has 1 aromatic heterocycles. The van der Waals surface area contributed by atoms with E-state index in [4.69, 9.17) is 21.2 Å². The Morgan fingerprint density at radius 2 is 2.04 bits per heavy atom. The van der Waals surface area contributed by atoms with E-state index in [9.17, 15) is 9.59 Å². The standard InChI is InChI=1S/C15H16ClN3O4/c1-9-17-14(23-19-9)7-6-13(20)18-12(8-15(21)22)10-2-4-11(16)5-3-10/h2-5,12H,6-8H2,1H3,(H,18,20)(H,21,22)/t12-/m0/s1. The van der Waals surface area contributed by atoms with Crippen molar-refractivity contribution in [2.24, 2.45) is 0 Å². The molecule has 8 heteroatoms. The van der Waals surface area contributed by atoms with Crippen LogP contribution in [0.15, 0.2) is 28.8 Å². The molecule has 0 spiro atoms. The van der Waals surface area contributed by atoms with Gasteiger partial charge in [0.15, 0.2) is 5.82 Å². The monoisotopic (exact) mass is 337 g/mol. The van der Waals surface area contributed by atoms with E-state index in [-0.39, 0.29) is 18.7 Å². The van der Waals surface area contributed by atoms with E-state index in [2.05, 4.69) is 15.5 Å². The molecule has 0 fully saturated rings.